The van der Waals surface area contributed by atoms with E-state index in [1.807, 2.05) is 6.08 Å². The highest BCUT2D eigenvalue weighted by molar-refractivity contribution is 6.34. The molecule has 1 aromatic carbocycles. The van der Waals surface area contributed by atoms with Gasteiger partial charge in [-0.3, -0.25) is 4.79 Å². The third-order valence-electron chi connectivity index (χ3n) is 7.09. The fraction of sp³-hybridized carbons (Fsp3) is 0.241. The van der Waals surface area contributed by atoms with Crippen molar-refractivity contribution in [3.8, 4) is 17.4 Å². The minimum atomic E-state index is -1.37. The van der Waals surface area contributed by atoms with Crippen LogP contribution in [0.3, 0.4) is 0 Å². The monoisotopic (exact) mass is 579 g/mol. The van der Waals surface area contributed by atoms with Gasteiger partial charge in [0.1, 0.15) is 18.0 Å². The molecule has 12 heteroatoms. The standard InChI is InChI=1S/C29H27ClFN5O5/c1-3-4-16-5-6-18(15-41-28-22(31)7-8-26(34-28)40-2)36(16)24-13-23-19(12-21(24)30)27(37)20(29(38)39)14-35(23)17-9-10-33-25(32)11-17/h3,7-14,16,18H,1,4-6,15H2,2H3,(H2,32,33)(H,38,39)/t16-,18-/m1/s1. The van der Waals surface area contributed by atoms with E-state index in [2.05, 4.69) is 21.4 Å². The van der Waals surface area contributed by atoms with E-state index in [1.54, 1.807) is 22.8 Å². The molecule has 1 saturated heterocycles. The van der Waals surface area contributed by atoms with Crippen molar-refractivity contribution in [2.75, 3.05) is 24.4 Å². The Hall–Kier alpha value is -4.64. The molecule has 0 aliphatic carbocycles. The van der Waals surface area contributed by atoms with Gasteiger partial charge >= 0.3 is 5.97 Å². The van der Waals surface area contributed by atoms with Crippen LogP contribution in [0.5, 0.6) is 11.8 Å². The number of rotatable bonds is 9. The molecule has 1 aliphatic rings. The Kier molecular flexibility index (Phi) is 7.80. The molecule has 212 valence electrons. The van der Waals surface area contributed by atoms with Gasteiger partial charge in [-0.15, -0.1) is 6.58 Å². The molecule has 4 aromatic rings. The quantitative estimate of drug-likeness (QED) is 0.267. The van der Waals surface area contributed by atoms with Crippen molar-refractivity contribution in [1.29, 1.82) is 0 Å². The van der Waals surface area contributed by atoms with E-state index in [4.69, 9.17) is 26.8 Å². The molecule has 0 spiro atoms. The lowest BCUT2D eigenvalue weighted by atomic mass is 10.1. The minimum Gasteiger partial charge on any atom is -0.481 e. The summed E-state index contributed by atoms with van der Waals surface area (Å²) in [6.07, 6.45) is 6.71. The SMILES string of the molecule is C=CC[C@@H]1CC[C@H](COc2nc(OC)ccc2F)N1c1cc2c(cc1Cl)c(=O)c(C(=O)O)cn2-c1ccnc(N)c1. The first-order valence-corrected chi connectivity index (χ1v) is 13.2. The zero-order chi connectivity index (χ0) is 29.3. The molecule has 5 rings (SSSR count). The smallest absolute Gasteiger partial charge is 0.341 e. The number of ether oxygens (including phenoxy) is 2. The average molecular weight is 580 g/mol. The molecule has 0 unspecified atom stereocenters. The van der Waals surface area contributed by atoms with Gasteiger partial charge in [0.05, 0.1) is 35.1 Å². The average Bonchev–Trinajstić information content (AvgIpc) is 3.34. The minimum absolute atomic E-state index is 0.00537. The van der Waals surface area contributed by atoms with Crippen LogP contribution in [0.25, 0.3) is 16.6 Å². The highest BCUT2D eigenvalue weighted by Crippen LogP contribution is 2.39. The van der Waals surface area contributed by atoms with E-state index in [0.29, 0.717) is 29.7 Å². The number of hydrogen-bond acceptors (Lipinski definition) is 8. The molecule has 1 aliphatic heterocycles. The van der Waals surface area contributed by atoms with Gasteiger partial charge in [-0.1, -0.05) is 17.7 Å². The van der Waals surface area contributed by atoms with E-state index in [1.165, 1.54) is 37.7 Å². The van der Waals surface area contributed by atoms with Gasteiger partial charge in [0.25, 0.3) is 5.88 Å². The van der Waals surface area contributed by atoms with Crippen LogP contribution >= 0.6 is 11.6 Å². The second-order valence-corrected chi connectivity index (χ2v) is 9.98. The number of benzene rings is 1. The van der Waals surface area contributed by atoms with Crippen LogP contribution in [-0.2, 0) is 0 Å². The molecule has 1 fully saturated rings. The van der Waals surface area contributed by atoms with Crippen LogP contribution in [0, 0.1) is 5.82 Å². The Labute approximate surface area is 239 Å². The maximum Gasteiger partial charge on any atom is 0.341 e. The summed E-state index contributed by atoms with van der Waals surface area (Å²) in [5, 5.41) is 10.1. The fourth-order valence-electron chi connectivity index (χ4n) is 5.22. The van der Waals surface area contributed by atoms with Crippen LogP contribution in [0.15, 0.2) is 66.2 Å². The molecule has 3 aromatic heterocycles. The fourth-order valence-corrected chi connectivity index (χ4v) is 5.48. The molecule has 3 N–H and O–H groups in total. The summed E-state index contributed by atoms with van der Waals surface area (Å²) in [7, 11) is 1.43. The Morgan fingerprint density at radius 1 is 1.27 bits per heavy atom. The van der Waals surface area contributed by atoms with E-state index in [-0.39, 0.29) is 46.7 Å². The highest BCUT2D eigenvalue weighted by atomic mass is 35.5. The van der Waals surface area contributed by atoms with Gasteiger partial charge in [-0.2, -0.15) is 4.98 Å². The number of nitrogens with two attached hydrogens (primary N) is 1. The number of aromatic carboxylic acids is 1. The van der Waals surface area contributed by atoms with Crippen molar-refractivity contribution in [3.63, 3.8) is 0 Å². The van der Waals surface area contributed by atoms with E-state index in [0.717, 1.165) is 6.42 Å². The molecule has 0 bridgehead atoms. The normalized spacial score (nSPS) is 16.6. The van der Waals surface area contributed by atoms with Gasteiger partial charge in [0, 0.05) is 36.0 Å². The first kappa shape index (κ1) is 27.9. The van der Waals surface area contributed by atoms with Crippen LogP contribution in [0.2, 0.25) is 5.02 Å². The lowest BCUT2D eigenvalue weighted by Crippen LogP contribution is -2.39. The van der Waals surface area contributed by atoms with Gasteiger partial charge in [-0.25, -0.2) is 14.2 Å². The second kappa shape index (κ2) is 11.5. The third kappa shape index (κ3) is 5.40. The Morgan fingerprint density at radius 2 is 2.05 bits per heavy atom. The number of hydrogen-bond donors (Lipinski definition) is 2. The van der Waals surface area contributed by atoms with Crippen LogP contribution in [-0.4, -0.2) is 51.4 Å². The number of methoxy groups -OCH3 is 1. The summed E-state index contributed by atoms with van der Waals surface area (Å²) in [4.78, 5) is 35.3. The Morgan fingerprint density at radius 3 is 2.76 bits per heavy atom. The molecule has 2 atom stereocenters. The summed E-state index contributed by atoms with van der Waals surface area (Å²) in [5.74, 6) is -1.71. The number of nitrogens with zero attached hydrogens (tertiary/aromatic N) is 4. The Balaban J connectivity index is 1.63. The van der Waals surface area contributed by atoms with E-state index in [9.17, 15) is 19.1 Å². The number of halogens is 2. The number of carbonyl (C=O) groups is 1. The van der Waals surface area contributed by atoms with Gasteiger partial charge in [0.15, 0.2) is 5.82 Å². The molecular weight excluding hydrogens is 553 g/mol. The maximum atomic E-state index is 14.4. The van der Waals surface area contributed by atoms with Crippen LogP contribution < -0.4 is 25.5 Å². The molecular formula is C29H27ClFN5O5. The topological polar surface area (TPSA) is 133 Å². The molecule has 10 nitrogen and oxygen atoms in total. The Bertz CT molecular complexity index is 1710. The van der Waals surface area contributed by atoms with Gasteiger partial charge in [-0.05, 0) is 43.5 Å². The first-order valence-electron chi connectivity index (χ1n) is 12.8. The predicted octanol–water partition coefficient (Wildman–Crippen LogP) is 4.85. The van der Waals surface area contributed by atoms with Crippen LogP contribution in [0.4, 0.5) is 15.9 Å². The number of anilines is 2. The zero-order valence-corrected chi connectivity index (χ0v) is 22.8. The lowest BCUT2D eigenvalue weighted by molar-refractivity contribution is 0.0695. The van der Waals surface area contributed by atoms with Crippen molar-refractivity contribution in [2.24, 2.45) is 0 Å². The van der Waals surface area contributed by atoms with Gasteiger partial charge < -0.3 is 29.8 Å². The summed E-state index contributed by atoms with van der Waals surface area (Å²) in [5.41, 5.74) is 6.37. The number of pyridine rings is 3. The molecule has 0 radical (unpaired) electrons. The first-order chi connectivity index (χ1) is 19.7. The van der Waals surface area contributed by atoms with Crippen molar-refractivity contribution in [1.82, 2.24) is 14.5 Å². The molecule has 0 amide bonds. The summed E-state index contributed by atoms with van der Waals surface area (Å²) < 4.78 is 26.9. The number of carboxylic acids is 1. The van der Waals surface area contributed by atoms with Crippen molar-refractivity contribution < 1.29 is 23.8 Å². The van der Waals surface area contributed by atoms with Crippen molar-refractivity contribution >= 4 is 40.0 Å². The summed E-state index contributed by atoms with van der Waals surface area (Å²) in [6, 6.07) is 8.86. The van der Waals surface area contributed by atoms with E-state index < -0.39 is 22.8 Å². The predicted molar refractivity (Wildman–Crippen MR) is 154 cm³/mol. The van der Waals surface area contributed by atoms with Gasteiger partial charge in [0.2, 0.25) is 11.3 Å². The molecule has 0 saturated carbocycles. The number of carboxylic acid groups (broad SMARTS) is 1. The van der Waals surface area contributed by atoms with Crippen molar-refractivity contribution in [2.45, 2.75) is 31.3 Å². The third-order valence-corrected chi connectivity index (χ3v) is 7.39. The van der Waals surface area contributed by atoms with Crippen LogP contribution in [0.1, 0.15) is 29.6 Å². The summed E-state index contributed by atoms with van der Waals surface area (Å²) >= 11 is 6.80. The zero-order valence-electron chi connectivity index (χ0n) is 22.1. The highest BCUT2D eigenvalue weighted by Gasteiger charge is 2.35. The lowest BCUT2D eigenvalue weighted by Gasteiger charge is -2.33. The summed E-state index contributed by atoms with van der Waals surface area (Å²) in [6.45, 7) is 3.99. The van der Waals surface area contributed by atoms with Crippen molar-refractivity contribution in [3.05, 3.63) is 88.1 Å². The molecule has 41 heavy (non-hydrogen) atoms. The number of fused-ring (bicyclic) bond motifs is 1. The molecule has 4 heterocycles. The maximum absolute atomic E-state index is 14.4. The number of aromatic nitrogens is 3. The number of nitrogen functional groups attached to an aromatic ring is 1. The largest absolute Gasteiger partial charge is 0.481 e. The van der Waals surface area contributed by atoms with E-state index >= 15 is 0 Å². The second-order valence-electron chi connectivity index (χ2n) is 9.57.